The molecule has 1 fully saturated rings. The van der Waals surface area contributed by atoms with Crippen molar-refractivity contribution in [1.82, 2.24) is 4.90 Å². The van der Waals surface area contributed by atoms with Crippen LogP contribution in [0.25, 0.3) is 0 Å². The number of hydrogen-bond acceptors (Lipinski definition) is 2. The van der Waals surface area contributed by atoms with Crippen molar-refractivity contribution < 1.29 is 19.1 Å². The Kier molecular flexibility index (Phi) is 4.07. The molecule has 0 aliphatic carbocycles. The van der Waals surface area contributed by atoms with E-state index >= 15 is 0 Å². The average Bonchev–Trinajstić information content (AvgIpc) is 2.76. The van der Waals surface area contributed by atoms with Crippen LogP contribution in [0.5, 0.6) is 0 Å². The van der Waals surface area contributed by atoms with E-state index in [1.54, 1.807) is 0 Å². The van der Waals surface area contributed by atoms with Crippen molar-refractivity contribution in [2.45, 2.75) is 18.5 Å². The van der Waals surface area contributed by atoms with Crippen LogP contribution in [0, 0.1) is 3.57 Å². The molecule has 1 aromatic rings. The monoisotopic (exact) mass is 377 g/mol. The summed E-state index contributed by atoms with van der Waals surface area (Å²) in [6.07, 6.45) is 0.0365. The Bertz CT molecular complexity index is 522. The summed E-state index contributed by atoms with van der Waals surface area (Å²) in [6, 6.07) is 7.45. The molecule has 2 rings (SSSR count). The number of carbonyl (C=O) groups is 2. The number of carboxylic acids is 1. The van der Waals surface area contributed by atoms with Crippen molar-refractivity contribution in [3.05, 3.63) is 33.4 Å². The molecule has 1 aliphatic rings. The fraction of sp³-hybridized carbons (Fsp3) is 0.385. The zero-order valence-corrected chi connectivity index (χ0v) is 12.3. The molecule has 1 amide bonds. The van der Waals surface area contributed by atoms with Gasteiger partial charge in [0.25, 0.3) is 0 Å². The van der Waals surface area contributed by atoms with E-state index in [9.17, 15) is 14.0 Å². The number of carbonyl (C=O) groups excluding carboxylic acids is 1. The fourth-order valence-electron chi connectivity index (χ4n) is 2.08. The smallest absolute Gasteiger partial charge is 0.343 e. The van der Waals surface area contributed by atoms with Crippen LogP contribution in [0.2, 0.25) is 0 Å². The van der Waals surface area contributed by atoms with Gasteiger partial charge in [-0.3, -0.25) is 4.79 Å². The summed E-state index contributed by atoms with van der Waals surface area (Å²) in [5.74, 6) is -1.72. The summed E-state index contributed by atoms with van der Waals surface area (Å²) in [6.45, 7) is -0.199. The SMILES string of the molecule is O=C(Cc1ccccc1I)N1CCC(F)(C(=O)O)C1. The third-order valence-corrected chi connectivity index (χ3v) is 4.31. The molecular formula is C13H13FINO3. The quantitative estimate of drug-likeness (QED) is 0.819. The minimum atomic E-state index is -2.29. The van der Waals surface area contributed by atoms with E-state index in [4.69, 9.17) is 5.11 Å². The van der Waals surface area contributed by atoms with Crippen molar-refractivity contribution in [2.75, 3.05) is 13.1 Å². The van der Waals surface area contributed by atoms with E-state index < -0.39 is 11.6 Å². The molecule has 6 heteroatoms. The number of carboxylic acid groups (broad SMARTS) is 1. The number of aliphatic carboxylic acids is 1. The van der Waals surface area contributed by atoms with Crippen LogP contribution in [0.4, 0.5) is 4.39 Å². The maximum atomic E-state index is 13.9. The van der Waals surface area contributed by atoms with Gasteiger partial charge in [0.15, 0.2) is 0 Å². The Balaban J connectivity index is 2.03. The highest BCUT2D eigenvalue weighted by molar-refractivity contribution is 14.1. The third kappa shape index (κ3) is 3.05. The molecule has 19 heavy (non-hydrogen) atoms. The number of halogens is 2. The molecule has 1 aliphatic heterocycles. The molecule has 1 heterocycles. The largest absolute Gasteiger partial charge is 0.479 e. The lowest BCUT2D eigenvalue weighted by atomic mass is 10.1. The third-order valence-electron chi connectivity index (χ3n) is 3.25. The van der Waals surface area contributed by atoms with Crippen molar-refractivity contribution in [1.29, 1.82) is 0 Å². The number of nitrogens with zero attached hydrogens (tertiary/aromatic N) is 1. The zero-order chi connectivity index (χ0) is 14.0. The summed E-state index contributed by atoms with van der Waals surface area (Å²) in [5.41, 5.74) is -1.42. The first-order valence-electron chi connectivity index (χ1n) is 5.86. The van der Waals surface area contributed by atoms with Gasteiger partial charge in [0, 0.05) is 16.5 Å². The lowest BCUT2D eigenvalue weighted by Gasteiger charge is -2.18. The molecule has 0 spiro atoms. The molecule has 1 unspecified atom stereocenters. The molecule has 0 aromatic heterocycles. The first-order chi connectivity index (χ1) is 8.92. The number of rotatable bonds is 3. The molecule has 1 saturated heterocycles. The van der Waals surface area contributed by atoms with Gasteiger partial charge in [-0.1, -0.05) is 18.2 Å². The second kappa shape index (κ2) is 5.44. The van der Waals surface area contributed by atoms with Gasteiger partial charge in [-0.25, -0.2) is 9.18 Å². The predicted octanol–water partition coefficient (Wildman–Crippen LogP) is 1.86. The summed E-state index contributed by atoms with van der Waals surface area (Å²) < 4.78 is 14.8. The predicted molar refractivity (Wildman–Crippen MR) is 75.5 cm³/mol. The van der Waals surface area contributed by atoms with Crippen LogP contribution in [-0.4, -0.2) is 40.6 Å². The Morgan fingerprint density at radius 2 is 2.11 bits per heavy atom. The van der Waals surface area contributed by atoms with Gasteiger partial charge >= 0.3 is 5.97 Å². The van der Waals surface area contributed by atoms with E-state index in [1.165, 1.54) is 4.90 Å². The number of alkyl halides is 1. The highest BCUT2D eigenvalue weighted by Crippen LogP contribution is 2.26. The van der Waals surface area contributed by atoms with Crippen molar-refractivity contribution in [3.63, 3.8) is 0 Å². The van der Waals surface area contributed by atoms with Crippen LogP contribution in [-0.2, 0) is 16.0 Å². The molecule has 1 aromatic carbocycles. The number of hydrogen-bond donors (Lipinski definition) is 1. The maximum absolute atomic E-state index is 13.9. The van der Waals surface area contributed by atoms with Gasteiger partial charge in [0.1, 0.15) is 0 Å². The molecule has 0 saturated carbocycles. The maximum Gasteiger partial charge on any atom is 0.343 e. The zero-order valence-electron chi connectivity index (χ0n) is 10.1. The summed E-state index contributed by atoms with van der Waals surface area (Å²) in [5, 5.41) is 8.79. The molecule has 102 valence electrons. The molecule has 4 nitrogen and oxygen atoms in total. The molecule has 0 radical (unpaired) electrons. The minimum Gasteiger partial charge on any atom is -0.479 e. The topological polar surface area (TPSA) is 57.6 Å². The van der Waals surface area contributed by atoms with Crippen LogP contribution < -0.4 is 0 Å². The van der Waals surface area contributed by atoms with Gasteiger partial charge in [-0.05, 0) is 34.2 Å². The number of likely N-dealkylation sites (tertiary alicyclic amines) is 1. The Morgan fingerprint density at radius 3 is 2.68 bits per heavy atom. The van der Waals surface area contributed by atoms with E-state index in [-0.39, 0.29) is 31.8 Å². The van der Waals surface area contributed by atoms with Crippen molar-refractivity contribution >= 4 is 34.5 Å². The Labute approximate surface area is 123 Å². The van der Waals surface area contributed by atoms with Gasteiger partial charge in [-0.15, -0.1) is 0 Å². The average molecular weight is 377 g/mol. The standard InChI is InChI=1S/C13H13FINO3/c14-13(12(18)19)5-6-16(8-13)11(17)7-9-3-1-2-4-10(9)15/h1-4H,5-8H2,(H,18,19). The lowest BCUT2D eigenvalue weighted by Crippen LogP contribution is -2.39. The fourth-order valence-corrected chi connectivity index (χ4v) is 2.65. The van der Waals surface area contributed by atoms with E-state index in [2.05, 4.69) is 22.6 Å². The Morgan fingerprint density at radius 1 is 1.42 bits per heavy atom. The van der Waals surface area contributed by atoms with Crippen LogP contribution in [0.1, 0.15) is 12.0 Å². The second-order valence-corrected chi connectivity index (χ2v) is 5.77. The van der Waals surface area contributed by atoms with Gasteiger partial charge in [0.05, 0.1) is 13.0 Å². The summed E-state index contributed by atoms with van der Waals surface area (Å²) in [4.78, 5) is 24.1. The van der Waals surface area contributed by atoms with Crippen molar-refractivity contribution in [2.24, 2.45) is 0 Å². The van der Waals surface area contributed by atoms with E-state index in [0.717, 1.165) is 9.13 Å². The second-order valence-electron chi connectivity index (χ2n) is 4.60. The summed E-state index contributed by atoms with van der Waals surface area (Å²) >= 11 is 2.14. The molecule has 1 atom stereocenters. The highest BCUT2D eigenvalue weighted by Gasteiger charge is 2.46. The Hall–Kier alpha value is -1.18. The molecule has 1 N–H and O–H groups in total. The summed E-state index contributed by atoms with van der Waals surface area (Å²) in [7, 11) is 0. The van der Waals surface area contributed by atoms with Gasteiger partial charge in [0.2, 0.25) is 11.6 Å². The van der Waals surface area contributed by atoms with Gasteiger partial charge < -0.3 is 10.0 Å². The van der Waals surface area contributed by atoms with Crippen LogP contribution >= 0.6 is 22.6 Å². The van der Waals surface area contributed by atoms with Crippen molar-refractivity contribution in [3.8, 4) is 0 Å². The van der Waals surface area contributed by atoms with E-state index in [1.807, 2.05) is 24.3 Å². The highest BCUT2D eigenvalue weighted by atomic mass is 127. The van der Waals surface area contributed by atoms with Gasteiger partial charge in [-0.2, -0.15) is 0 Å². The minimum absolute atomic E-state index is 0.139. The number of benzene rings is 1. The first-order valence-corrected chi connectivity index (χ1v) is 6.94. The van der Waals surface area contributed by atoms with Crippen LogP contribution in [0.15, 0.2) is 24.3 Å². The molecular weight excluding hydrogens is 364 g/mol. The van der Waals surface area contributed by atoms with E-state index in [0.29, 0.717) is 0 Å². The van der Waals surface area contributed by atoms with Crippen LogP contribution in [0.3, 0.4) is 0 Å². The number of amides is 1. The first kappa shape index (κ1) is 14.2. The lowest BCUT2D eigenvalue weighted by molar-refractivity contribution is -0.150. The molecule has 0 bridgehead atoms. The normalized spacial score (nSPS) is 22.5.